The molecule has 1 unspecified atom stereocenters. The number of hydrogen-bond donors (Lipinski definition) is 3. The molecule has 1 aromatic carbocycles. The van der Waals surface area contributed by atoms with Crippen LogP contribution in [-0.4, -0.2) is 36.8 Å². The van der Waals surface area contributed by atoms with Crippen molar-refractivity contribution >= 4 is 12.0 Å². The maximum Gasteiger partial charge on any atom is 0.325 e. The summed E-state index contributed by atoms with van der Waals surface area (Å²) in [5.41, 5.74) is 0.983. The molecule has 3 N–H and O–H groups in total. The van der Waals surface area contributed by atoms with Crippen molar-refractivity contribution in [2.75, 3.05) is 13.7 Å². The summed E-state index contributed by atoms with van der Waals surface area (Å²) in [6, 6.07) is 6.12. The Balaban J connectivity index is 2.38. The van der Waals surface area contributed by atoms with Gasteiger partial charge in [0.05, 0.1) is 7.11 Å². The number of para-hydroxylation sites is 1. The number of carboxylic acid groups (broad SMARTS) is 1. The third kappa shape index (κ3) is 4.87. The molecule has 0 heterocycles. The average molecular weight is 266 g/mol. The largest absolute Gasteiger partial charge is 0.496 e. The molecule has 19 heavy (non-hydrogen) atoms. The molecule has 104 valence electrons. The third-order valence-corrected chi connectivity index (χ3v) is 2.59. The molecule has 2 amide bonds. The molecule has 0 aliphatic carbocycles. The van der Waals surface area contributed by atoms with Crippen LogP contribution in [0.3, 0.4) is 0 Å². The number of urea groups is 1. The molecule has 0 bridgehead atoms. The molecule has 0 saturated heterocycles. The lowest BCUT2D eigenvalue weighted by molar-refractivity contribution is -0.138. The van der Waals surface area contributed by atoms with Gasteiger partial charge in [-0.25, -0.2) is 4.79 Å². The van der Waals surface area contributed by atoms with Gasteiger partial charge >= 0.3 is 12.0 Å². The summed E-state index contributed by atoms with van der Waals surface area (Å²) in [7, 11) is 1.59. The number of benzene rings is 1. The Bertz CT molecular complexity index is 448. The topological polar surface area (TPSA) is 87.7 Å². The van der Waals surface area contributed by atoms with Crippen molar-refractivity contribution < 1.29 is 19.4 Å². The summed E-state index contributed by atoms with van der Waals surface area (Å²) in [5.74, 6) is -0.302. The van der Waals surface area contributed by atoms with E-state index in [9.17, 15) is 9.59 Å². The van der Waals surface area contributed by atoms with Crippen molar-refractivity contribution in [1.29, 1.82) is 0 Å². The van der Waals surface area contributed by atoms with Crippen molar-refractivity contribution in [1.82, 2.24) is 10.6 Å². The molecular weight excluding hydrogens is 248 g/mol. The second kappa shape index (κ2) is 7.25. The number of hydrogen-bond acceptors (Lipinski definition) is 3. The highest BCUT2D eigenvalue weighted by Crippen LogP contribution is 2.17. The van der Waals surface area contributed by atoms with Crippen LogP contribution in [0.4, 0.5) is 4.79 Å². The lowest BCUT2D eigenvalue weighted by Gasteiger charge is -2.11. The fourth-order valence-electron chi connectivity index (χ4n) is 1.53. The van der Waals surface area contributed by atoms with E-state index in [4.69, 9.17) is 9.84 Å². The van der Waals surface area contributed by atoms with Crippen LogP contribution in [0.2, 0.25) is 0 Å². The van der Waals surface area contributed by atoms with Crippen LogP contribution in [-0.2, 0) is 11.2 Å². The zero-order valence-corrected chi connectivity index (χ0v) is 11.0. The molecule has 1 aromatic rings. The molecule has 0 aliphatic heterocycles. The first-order chi connectivity index (χ1) is 9.04. The minimum Gasteiger partial charge on any atom is -0.496 e. The Morgan fingerprint density at radius 2 is 2.05 bits per heavy atom. The first-order valence-electron chi connectivity index (χ1n) is 5.93. The van der Waals surface area contributed by atoms with Gasteiger partial charge in [-0.3, -0.25) is 4.79 Å². The summed E-state index contributed by atoms with van der Waals surface area (Å²) in [6.45, 7) is 1.81. The number of rotatable bonds is 6. The number of carbonyl (C=O) groups excluding carboxylic acids is 1. The lowest BCUT2D eigenvalue weighted by Crippen LogP contribution is -2.44. The Labute approximate surface area is 111 Å². The normalized spacial score (nSPS) is 11.5. The number of amides is 2. The average Bonchev–Trinajstić information content (AvgIpc) is 2.39. The molecule has 0 aliphatic rings. The van der Waals surface area contributed by atoms with Gasteiger partial charge in [-0.1, -0.05) is 18.2 Å². The first kappa shape index (κ1) is 14.8. The first-order valence-corrected chi connectivity index (χ1v) is 5.93. The summed E-state index contributed by atoms with van der Waals surface area (Å²) in [4.78, 5) is 21.9. The fourth-order valence-corrected chi connectivity index (χ4v) is 1.53. The predicted molar refractivity (Wildman–Crippen MR) is 70.3 cm³/mol. The number of aliphatic carboxylic acids is 1. The van der Waals surface area contributed by atoms with Crippen molar-refractivity contribution in [2.24, 2.45) is 0 Å². The van der Waals surface area contributed by atoms with Crippen LogP contribution in [0.5, 0.6) is 5.75 Å². The minimum atomic E-state index is -1.07. The number of carbonyl (C=O) groups is 2. The molecule has 0 fully saturated rings. The van der Waals surface area contributed by atoms with Crippen LogP contribution >= 0.6 is 0 Å². The summed E-state index contributed by atoms with van der Waals surface area (Å²) >= 11 is 0. The Morgan fingerprint density at radius 3 is 2.68 bits per heavy atom. The van der Waals surface area contributed by atoms with Crippen molar-refractivity contribution in [3.05, 3.63) is 29.8 Å². The van der Waals surface area contributed by atoms with Gasteiger partial charge in [0, 0.05) is 6.54 Å². The Hall–Kier alpha value is -2.24. The van der Waals surface area contributed by atoms with Gasteiger partial charge in [0.15, 0.2) is 0 Å². The van der Waals surface area contributed by atoms with Crippen molar-refractivity contribution in [3.63, 3.8) is 0 Å². The summed E-state index contributed by atoms with van der Waals surface area (Å²) < 4.78 is 5.19. The van der Waals surface area contributed by atoms with E-state index in [0.29, 0.717) is 13.0 Å². The maximum absolute atomic E-state index is 11.4. The molecule has 0 spiro atoms. The van der Waals surface area contributed by atoms with Crippen molar-refractivity contribution in [3.8, 4) is 5.75 Å². The van der Waals surface area contributed by atoms with Gasteiger partial charge in [0.2, 0.25) is 0 Å². The standard InChI is InChI=1S/C13H18N2O4/c1-9(12(16)17)15-13(18)14-8-7-10-5-3-4-6-11(10)19-2/h3-6,9H,7-8H2,1-2H3,(H,16,17)(H2,14,15,18). The number of methoxy groups -OCH3 is 1. The quantitative estimate of drug-likeness (QED) is 0.717. The summed E-state index contributed by atoms with van der Waals surface area (Å²) in [6.07, 6.45) is 0.610. The third-order valence-electron chi connectivity index (χ3n) is 2.59. The number of carboxylic acids is 1. The molecule has 6 heteroatoms. The SMILES string of the molecule is COc1ccccc1CCNC(=O)NC(C)C(=O)O. The van der Waals surface area contributed by atoms with Gasteiger partial charge in [0.25, 0.3) is 0 Å². The van der Waals surface area contributed by atoms with Gasteiger partial charge in [0.1, 0.15) is 11.8 Å². The molecular formula is C13H18N2O4. The monoisotopic (exact) mass is 266 g/mol. The van der Waals surface area contributed by atoms with Crippen LogP contribution in [0.25, 0.3) is 0 Å². The lowest BCUT2D eigenvalue weighted by atomic mass is 10.1. The molecule has 0 radical (unpaired) electrons. The van der Waals surface area contributed by atoms with E-state index in [-0.39, 0.29) is 0 Å². The predicted octanol–water partition coefficient (Wildman–Crippen LogP) is 1.01. The van der Waals surface area contributed by atoms with Gasteiger partial charge < -0.3 is 20.5 Å². The zero-order valence-electron chi connectivity index (χ0n) is 11.0. The highest BCUT2D eigenvalue weighted by Gasteiger charge is 2.13. The van der Waals surface area contributed by atoms with Gasteiger partial charge in [-0.05, 0) is 25.0 Å². The fraction of sp³-hybridized carbons (Fsp3) is 0.385. The molecule has 0 saturated carbocycles. The van der Waals surface area contributed by atoms with E-state index >= 15 is 0 Å². The van der Waals surface area contributed by atoms with Crippen LogP contribution in [0, 0.1) is 0 Å². The van der Waals surface area contributed by atoms with E-state index in [1.807, 2.05) is 24.3 Å². The summed E-state index contributed by atoms with van der Waals surface area (Å²) in [5, 5.41) is 13.6. The van der Waals surface area contributed by atoms with E-state index in [2.05, 4.69) is 10.6 Å². The van der Waals surface area contributed by atoms with E-state index in [1.54, 1.807) is 7.11 Å². The van der Waals surface area contributed by atoms with Crippen LogP contribution in [0.1, 0.15) is 12.5 Å². The van der Waals surface area contributed by atoms with Gasteiger partial charge in [-0.15, -0.1) is 0 Å². The minimum absolute atomic E-state index is 0.401. The number of ether oxygens (including phenoxy) is 1. The van der Waals surface area contributed by atoms with Crippen LogP contribution in [0.15, 0.2) is 24.3 Å². The molecule has 0 aromatic heterocycles. The van der Waals surface area contributed by atoms with E-state index in [0.717, 1.165) is 11.3 Å². The van der Waals surface area contributed by atoms with E-state index < -0.39 is 18.0 Å². The van der Waals surface area contributed by atoms with E-state index in [1.165, 1.54) is 6.92 Å². The molecule has 6 nitrogen and oxygen atoms in total. The van der Waals surface area contributed by atoms with Crippen LogP contribution < -0.4 is 15.4 Å². The molecule has 1 atom stereocenters. The maximum atomic E-state index is 11.4. The highest BCUT2D eigenvalue weighted by atomic mass is 16.5. The number of nitrogens with one attached hydrogen (secondary N) is 2. The Morgan fingerprint density at radius 1 is 1.37 bits per heavy atom. The second-order valence-electron chi connectivity index (χ2n) is 4.02. The highest BCUT2D eigenvalue weighted by molar-refractivity contribution is 5.82. The van der Waals surface area contributed by atoms with Crippen molar-refractivity contribution in [2.45, 2.75) is 19.4 Å². The van der Waals surface area contributed by atoms with Gasteiger partial charge in [-0.2, -0.15) is 0 Å². The smallest absolute Gasteiger partial charge is 0.325 e. The second-order valence-corrected chi connectivity index (χ2v) is 4.02. The Kier molecular flexibility index (Phi) is 5.66. The zero-order chi connectivity index (χ0) is 14.3. The molecule has 1 rings (SSSR count).